The van der Waals surface area contributed by atoms with Gasteiger partial charge in [0.2, 0.25) is 5.91 Å². The van der Waals surface area contributed by atoms with E-state index in [1.54, 1.807) is 0 Å². The highest BCUT2D eigenvalue weighted by molar-refractivity contribution is 5.85. The second kappa shape index (κ2) is 8.20. The molecule has 2 atom stereocenters. The zero-order valence-electron chi connectivity index (χ0n) is 12.7. The van der Waals surface area contributed by atoms with Crippen molar-refractivity contribution in [2.24, 2.45) is 23.5 Å². The van der Waals surface area contributed by atoms with Gasteiger partial charge in [-0.3, -0.25) is 4.79 Å². The molecule has 1 amide bonds. The number of hydrogen-bond donors (Lipinski definition) is 1. The van der Waals surface area contributed by atoms with Crippen molar-refractivity contribution in [3.63, 3.8) is 0 Å². The molecular weight excluding hydrogens is 276 g/mol. The van der Waals surface area contributed by atoms with Crippen LogP contribution >= 0.6 is 12.4 Å². The molecule has 2 unspecified atom stereocenters. The molecule has 0 saturated carbocycles. The van der Waals surface area contributed by atoms with Crippen LogP contribution in [0.3, 0.4) is 0 Å². The number of amides is 1. The molecule has 0 spiro atoms. The lowest BCUT2D eigenvalue weighted by Crippen LogP contribution is -2.48. The molecule has 2 saturated heterocycles. The normalized spacial score (nSPS) is 25.6. The topological polar surface area (TPSA) is 55.6 Å². The van der Waals surface area contributed by atoms with E-state index < -0.39 is 0 Å². The summed E-state index contributed by atoms with van der Waals surface area (Å²) in [6.07, 6.45) is 4.22. The Morgan fingerprint density at radius 1 is 1.30 bits per heavy atom. The summed E-state index contributed by atoms with van der Waals surface area (Å²) in [4.78, 5) is 14.4. The lowest BCUT2D eigenvalue weighted by Gasteiger charge is -2.29. The van der Waals surface area contributed by atoms with E-state index in [2.05, 4.69) is 13.8 Å². The average Bonchev–Trinajstić information content (AvgIpc) is 2.85. The molecule has 0 aromatic heterocycles. The van der Waals surface area contributed by atoms with Gasteiger partial charge in [0.25, 0.3) is 0 Å². The minimum Gasteiger partial charge on any atom is -0.381 e. The van der Waals surface area contributed by atoms with Gasteiger partial charge in [-0.25, -0.2) is 0 Å². The first-order valence-electron chi connectivity index (χ1n) is 7.70. The van der Waals surface area contributed by atoms with E-state index in [-0.39, 0.29) is 24.4 Å². The molecule has 4 nitrogen and oxygen atoms in total. The molecule has 0 aromatic rings. The van der Waals surface area contributed by atoms with Gasteiger partial charge < -0.3 is 15.4 Å². The Balaban J connectivity index is 0.00000200. The maximum absolute atomic E-state index is 12.4. The van der Waals surface area contributed by atoms with Crippen molar-refractivity contribution < 1.29 is 9.53 Å². The summed E-state index contributed by atoms with van der Waals surface area (Å²) in [6.45, 7) is 7.81. The molecule has 2 heterocycles. The Morgan fingerprint density at radius 3 is 2.55 bits per heavy atom. The summed E-state index contributed by atoms with van der Waals surface area (Å²) >= 11 is 0. The molecule has 0 bridgehead atoms. The Hall–Kier alpha value is -0.320. The number of likely N-dealkylation sites (tertiary alicyclic amines) is 1. The fourth-order valence-corrected chi connectivity index (χ4v) is 3.38. The second-order valence-electron chi connectivity index (χ2n) is 6.54. The van der Waals surface area contributed by atoms with Crippen LogP contribution in [0, 0.1) is 17.8 Å². The molecule has 2 rings (SSSR count). The van der Waals surface area contributed by atoms with Crippen LogP contribution in [0.25, 0.3) is 0 Å². The van der Waals surface area contributed by atoms with E-state index >= 15 is 0 Å². The lowest BCUT2D eigenvalue weighted by atomic mass is 9.91. The number of ether oxygens (including phenoxy) is 1. The van der Waals surface area contributed by atoms with Crippen LogP contribution in [0.1, 0.15) is 39.5 Å². The first-order chi connectivity index (χ1) is 9.08. The van der Waals surface area contributed by atoms with Crippen LogP contribution in [-0.2, 0) is 9.53 Å². The molecule has 118 valence electrons. The SMILES string of the molecule is CC(C)CC1CCN(C(=O)C(N)C2CCOCC2)C1.Cl. The number of halogens is 1. The third-order valence-electron chi connectivity index (χ3n) is 4.46. The van der Waals surface area contributed by atoms with Gasteiger partial charge in [0.05, 0.1) is 6.04 Å². The van der Waals surface area contributed by atoms with Crippen LogP contribution in [0.5, 0.6) is 0 Å². The molecule has 5 heteroatoms. The van der Waals surface area contributed by atoms with Crippen molar-refractivity contribution in [1.82, 2.24) is 4.90 Å². The molecule has 0 radical (unpaired) electrons. The predicted octanol–water partition coefficient (Wildman–Crippen LogP) is 2.06. The van der Waals surface area contributed by atoms with Crippen LogP contribution in [-0.4, -0.2) is 43.2 Å². The molecule has 2 aliphatic heterocycles. The molecule has 2 fully saturated rings. The van der Waals surface area contributed by atoms with Crippen LogP contribution in [0.4, 0.5) is 0 Å². The van der Waals surface area contributed by atoms with Crippen molar-refractivity contribution in [3.05, 3.63) is 0 Å². The molecule has 2 N–H and O–H groups in total. The highest BCUT2D eigenvalue weighted by Crippen LogP contribution is 2.25. The van der Waals surface area contributed by atoms with Crippen molar-refractivity contribution in [2.45, 2.75) is 45.6 Å². The van der Waals surface area contributed by atoms with Gasteiger partial charge in [0, 0.05) is 26.3 Å². The van der Waals surface area contributed by atoms with E-state index in [1.165, 1.54) is 6.42 Å². The maximum atomic E-state index is 12.4. The van der Waals surface area contributed by atoms with E-state index in [4.69, 9.17) is 10.5 Å². The van der Waals surface area contributed by atoms with Crippen molar-refractivity contribution in [3.8, 4) is 0 Å². The number of rotatable bonds is 4. The maximum Gasteiger partial charge on any atom is 0.239 e. The van der Waals surface area contributed by atoms with Crippen LogP contribution < -0.4 is 5.73 Å². The van der Waals surface area contributed by atoms with Gasteiger partial charge in [0.1, 0.15) is 0 Å². The average molecular weight is 305 g/mol. The molecule has 0 aromatic carbocycles. The highest BCUT2D eigenvalue weighted by atomic mass is 35.5. The number of nitrogens with zero attached hydrogens (tertiary/aromatic N) is 1. The van der Waals surface area contributed by atoms with E-state index in [9.17, 15) is 4.79 Å². The summed E-state index contributed by atoms with van der Waals surface area (Å²) in [7, 11) is 0. The molecular formula is C15H29ClN2O2. The first-order valence-corrected chi connectivity index (χ1v) is 7.70. The Kier molecular flexibility index (Phi) is 7.27. The minimum atomic E-state index is -0.318. The number of hydrogen-bond acceptors (Lipinski definition) is 3. The van der Waals surface area contributed by atoms with Crippen molar-refractivity contribution in [1.29, 1.82) is 0 Å². The van der Waals surface area contributed by atoms with Crippen molar-refractivity contribution >= 4 is 18.3 Å². The fraction of sp³-hybridized carbons (Fsp3) is 0.933. The number of nitrogens with two attached hydrogens (primary N) is 1. The van der Waals surface area contributed by atoms with Crippen LogP contribution in [0.15, 0.2) is 0 Å². The Labute approximate surface area is 128 Å². The standard InChI is InChI=1S/C15H28N2O2.ClH/c1-11(2)9-12-3-6-17(10-12)15(18)14(16)13-4-7-19-8-5-13;/h11-14H,3-10,16H2,1-2H3;1H. The molecule has 20 heavy (non-hydrogen) atoms. The highest BCUT2D eigenvalue weighted by Gasteiger charge is 2.33. The largest absolute Gasteiger partial charge is 0.381 e. The zero-order chi connectivity index (χ0) is 13.8. The fourth-order valence-electron chi connectivity index (χ4n) is 3.38. The number of carbonyl (C=O) groups is 1. The molecule has 0 aliphatic carbocycles. The van der Waals surface area contributed by atoms with E-state index in [0.29, 0.717) is 17.8 Å². The third kappa shape index (κ3) is 4.61. The van der Waals surface area contributed by atoms with Gasteiger partial charge >= 0.3 is 0 Å². The van der Waals surface area contributed by atoms with E-state index in [1.807, 2.05) is 4.90 Å². The minimum absolute atomic E-state index is 0. The van der Waals surface area contributed by atoms with Gasteiger partial charge in [-0.2, -0.15) is 0 Å². The summed E-state index contributed by atoms with van der Waals surface area (Å²) in [6, 6.07) is -0.318. The summed E-state index contributed by atoms with van der Waals surface area (Å²) < 4.78 is 5.34. The third-order valence-corrected chi connectivity index (χ3v) is 4.46. The van der Waals surface area contributed by atoms with Crippen molar-refractivity contribution in [2.75, 3.05) is 26.3 Å². The monoisotopic (exact) mass is 304 g/mol. The zero-order valence-corrected chi connectivity index (χ0v) is 13.5. The Bertz CT molecular complexity index is 306. The Morgan fingerprint density at radius 2 is 1.95 bits per heavy atom. The molecule has 2 aliphatic rings. The smallest absolute Gasteiger partial charge is 0.239 e. The van der Waals surface area contributed by atoms with Gasteiger partial charge in [-0.15, -0.1) is 12.4 Å². The number of carbonyl (C=O) groups excluding carboxylic acids is 1. The van der Waals surface area contributed by atoms with Crippen LogP contribution in [0.2, 0.25) is 0 Å². The quantitative estimate of drug-likeness (QED) is 0.865. The lowest BCUT2D eigenvalue weighted by molar-refractivity contribution is -0.133. The summed E-state index contributed by atoms with van der Waals surface area (Å²) in [5, 5.41) is 0. The van der Waals surface area contributed by atoms with Gasteiger partial charge in [-0.1, -0.05) is 13.8 Å². The van der Waals surface area contributed by atoms with Gasteiger partial charge in [0.15, 0.2) is 0 Å². The summed E-state index contributed by atoms with van der Waals surface area (Å²) in [5.74, 6) is 1.86. The van der Waals surface area contributed by atoms with E-state index in [0.717, 1.165) is 45.6 Å². The summed E-state index contributed by atoms with van der Waals surface area (Å²) in [5.41, 5.74) is 6.17. The van der Waals surface area contributed by atoms with Gasteiger partial charge in [-0.05, 0) is 43.4 Å². The predicted molar refractivity (Wildman–Crippen MR) is 82.9 cm³/mol. The second-order valence-corrected chi connectivity index (χ2v) is 6.54. The first kappa shape index (κ1) is 17.7.